The first-order valence-electron chi connectivity index (χ1n) is 8.55. The van der Waals surface area contributed by atoms with Crippen molar-refractivity contribution >= 4 is 11.6 Å². The number of benzene rings is 1. The smallest absolute Gasteiger partial charge is 0.177 e. The Kier molecular flexibility index (Phi) is 5.20. The molecule has 116 valence electrons. The van der Waals surface area contributed by atoms with Crippen molar-refractivity contribution in [2.45, 2.75) is 37.6 Å². The first-order chi connectivity index (χ1) is 10.3. The fourth-order valence-electron chi connectivity index (χ4n) is 3.92. The fraction of sp³-hybridized carbons (Fsp3) is 0.667. The Bertz CT molecular complexity index is 426. The molecule has 0 aliphatic carbocycles. The van der Waals surface area contributed by atoms with Crippen LogP contribution in [0.2, 0.25) is 0 Å². The van der Waals surface area contributed by atoms with Gasteiger partial charge in [-0.1, -0.05) is 41.9 Å². The van der Waals surface area contributed by atoms with Crippen molar-refractivity contribution in [3.8, 4) is 0 Å². The molecule has 1 unspecified atom stereocenters. The van der Waals surface area contributed by atoms with E-state index in [2.05, 4.69) is 35.2 Å². The lowest BCUT2D eigenvalue weighted by Gasteiger charge is -2.47. The van der Waals surface area contributed by atoms with Crippen molar-refractivity contribution < 1.29 is 4.48 Å². The van der Waals surface area contributed by atoms with Gasteiger partial charge in [0.1, 0.15) is 0 Å². The Balaban J connectivity index is 1.53. The van der Waals surface area contributed by atoms with Crippen molar-refractivity contribution in [1.82, 2.24) is 4.90 Å². The zero-order valence-corrected chi connectivity index (χ0v) is 13.8. The van der Waals surface area contributed by atoms with Crippen LogP contribution in [0.4, 0.5) is 0 Å². The van der Waals surface area contributed by atoms with E-state index >= 15 is 0 Å². The lowest BCUT2D eigenvalue weighted by Crippen LogP contribution is -2.64. The van der Waals surface area contributed by atoms with E-state index in [4.69, 9.17) is 11.6 Å². The van der Waals surface area contributed by atoms with Gasteiger partial charge >= 0.3 is 0 Å². The van der Waals surface area contributed by atoms with E-state index in [9.17, 15) is 0 Å². The molecule has 0 radical (unpaired) electrons. The predicted octanol–water partition coefficient (Wildman–Crippen LogP) is 3.50. The molecular weight excluding hydrogens is 280 g/mol. The molecule has 2 heterocycles. The SMILES string of the molecule is ClC1CN(CCc2ccccc2)CC[N+]12CCCCCC2. The average Bonchev–Trinajstić information content (AvgIpc) is 2.76. The molecule has 0 amide bonds. The summed E-state index contributed by atoms with van der Waals surface area (Å²) in [5.74, 6) is 0. The first kappa shape index (κ1) is 15.3. The Hall–Kier alpha value is -0.570. The predicted molar refractivity (Wildman–Crippen MR) is 89.6 cm³/mol. The molecule has 0 saturated carbocycles. The van der Waals surface area contributed by atoms with Gasteiger partial charge in [-0.05, 0) is 37.7 Å². The monoisotopic (exact) mass is 307 g/mol. The van der Waals surface area contributed by atoms with Crippen molar-refractivity contribution in [2.75, 3.05) is 39.3 Å². The van der Waals surface area contributed by atoms with Gasteiger partial charge in [0.05, 0.1) is 26.2 Å². The van der Waals surface area contributed by atoms with Crippen LogP contribution in [0, 0.1) is 0 Å². The van der Waals surface area contributed by atoms with E-state index in [0.29, 0.717) is 5.50 Å². The van der Waals surface area contributed by atoms with E-state index in [1.807, 2.05) is 0 Å². The van der Waals surface area contributed by atoms with Gasteiger partial charge in [-0.15, -0.1) is 0 Å². The molecule has 3 heteroatoms. The van der Waals surface area contributed by atoms with E-state index in [1.165, 1.54) is 61.9 Å². The average molecular weight is 308 g/mol. The standard InChI is InChI=1S/C18H28ClN2/c19-18-16-20(11-10-17-8-4-3-5-9-17)12-15-21(18)13-6-1-2-7-14-21/h3-5,8-9,18H,1-2,6-7,10-16H2/q+1. The summed E-state index contributed by atoms with van der Waals surface area (Å²) >= 11 is 6.83. The number of nitrogens with zero attached hydrogens (tertiary/aromatic N) is 2. The highest BCUT2D eigenvalue weighted by atomic mass is 35.5. The molecule has 0 bridgehead atoms. The maximum absolute atomic E-state index is 6.83. The minimum absolute atomic E-state index is 0.299. The van der Waals surface area contributed by atoms with Crippen molar-refractivity contribution in [3.05, 3.63) is 35.9 Å². The number of halogens is 1. The summed E-state index contributed by atoms with van der Waals surface area (Å²) in [5, 5.41) is 0. The minimum Gasteiger partial charge on any atom is -0.306 e. The van der Waals surface area contributed by atoms with Gasteiger partial charge in [0, 0.05) is 13.1 Å². The number of hydrogen-bond donors (Lipinski definition) is 0. The Morgan fingerprint density at radius 2 is 1.71 bits per heavy atom. The van der Waals surface area contributed by atoms with Gasteiger partial charge in [-0.2, -0.15) is 0 Å². The number of rotatable bonds is 3. The summed E-state index contributed by atoms with van der Waals surface area (Å²) in [4.78, 5) is 2.57. The molecule has 21 heavy (non-hydrogen) atoms. The van der Waals surface area contributed by atoms with Crippen LogP contribution in [0.25, 0.3) is 0 Å². The van der Waals surface area contributed by atoms with Crippen LogP contribution >= 0.6 is 11.6 Å². The van der Waals surface area contributed by atoms with Gasteiger partial charge in [0.25, 0.3) is 0 Å². The van der Waals surface area contributed by atoms with E-state index in [1.54, 1.807) is 0 Å². The van der Waals surface area contributed by atoms with E-state index in [-0.39, 0.29) is 0 Å². The summed E-state index contributed by atoms with van der Waals surface area (Å²) < 4.78 is 1.18. The first-order valence-corrected chi connectivity index (χ1v) is 8.98. The maximum Gasteiger partial charge on any atom is 0.177 e. The van der Waals surface area contributed by atoms with Crippen LogP contribution in [0.15, 0.2) is 30.3 Å². The van der Waals surface area contributed by atoms with Crippen LogP contribution in [0.1, 0.15) is 31.2 Å². The molecule has 2 saturated heterocycles. The Morgan fingerprint density at radius 3 is 2.38 bits per heavy atom. The van der Waals surface area contributed by atoms with Gasteiger partial charge < -0.3 is 4.48 Å². The van der Waals surface area contributed by atoms with Crippen LogP contribution in [-0.4, -0.2) is 54.2 Å². The molecule has 0 N–H and O–H groups in total. The molecule has 1 atom stereocenters. The molecular formula is C18H28ClN2+. The highest BCUT2D eigenvalue weighted by Crippen LogP contribution is 2.28. The second-order valence-corrected chi connectivity index (χ2v) is 7.28. The fourth-order valence-corrected chi connectivity index (χ4v) is 4.40. The number of alkyl halides is 1. The van der Waals surface area contributed by atoms with Gasteiger partial charge in [0.2, 0.25) is 0 Å². The lowest BCUT2D eigenvalue weighted by molar-refractivity contribution is -0.942. The lowest BCUT2D eigenvalue weighted by atomic mass is 10.1. The topological polar surface area (TPSA) is 3.24 Å². The van der Waals surface area contributed by atoms with Crippen LogP contribution in [-0.2, 0) is 6.42 Å². The molecule has 2 aliphatic heterocycles. The molecule has 1 spiro atoms. The Labute approximate surface area is 134 Å². The summed E-state index contributed by atoms with van der Waals surface area (Å²) in [6.45, 7) is 7.29. The zero-order valence-electron chi connectivity index (χ0n) is 13.0. The minimum atomic E-state index is 0.299. The number of piperazine rings is 1. The molecule has 2 nitrogen and oxygen atoms in total. The van der Waals surface area contributed by atoms with Gasteiger partial charge in [-0.25, -0.2) is 0 Å². The highest BCUT2D eigenvalue weighted by molar-refractivity contribution is 6.19. The molecule has 0 aromatic heterocycles. The second kappa shape index (κ2) is 7.13. The van der Waals surface area contributed by atoms with Crippen LogP contribution < -0.4 is 0 Å². The number of quaternary nitrogens is 1. The van der Waals surface area contributed by atoms with E-state index in [0.717, 1.165) is 19.5 Å². The number of hydrogen-bond acceptors (Lipinski definition) is 1. The Morgan fingerprint density at radius 1 is 1.00 bits per heavy atom. The third kappa shape index (κ3) is 3.80. The van der Waals surface area contributed by atoms with Crippen molar-refractivity contribution in [2.24, 2.45) is 0 Å². The van der Waals surface area contributed by atoms with Gasteiger partial charge in [0.15, 0.2) is 5.50 Å². The highest BCUT2D eigenvalue weighted by Gasteiger charge is 2.40. The molecule has 2 fully saturated rings. The largest absolute Gasteiger partial charge is 0.306 e. The summed E-state index contributed by atoms with van der Waals surface area (Å²) in [7, 11) is 0. The van der Waals surface area contributed by atoms with Crippen LogP contribution in [0.5, 0.6) is 0 Å². The third-order valence-electron chi connectivity index (χ3n) is 5.38. The molecule has 1 aromatic carbocycles. The van der Waals surface area contributed by atoms with Crippen molar-refractivity contribution in [3.63, 3.8) is 0 Å². The summed E-state index contributed by atoms with van der Waals surface area (Å²) in [5.41, 5.74) is 1.74. The maximum atomic E-state index is 6.83. The normalized spacial score (nSPS) is 26.6. The third-order valence-corrected chi connectivity index (χ3v) is 5.93. The second-order valence-electron chi connectivity index (χ2n) is 6.77. The van der Waals surface area contributed by atoms with Crippen LogP contribution in [0.3, 0.4) is 0 Å². The van der Waals surface area contributed by atoms with Gasteiger partial charge in [-0.3, -0.25) is 4.90 Å². The molecule has 2 aliphatic rings. The summed E-state index contributed by atoms with van der Waals surface area (Å²) in [6, 6.07) is 10.8. The van der Waals surface area contributed by atoms with Crippen molar-refractivity contribution in [1.29, 1.82) is 0 Å². The molecule has 3 rings (SSSR count). The quantitative estimate of drug-likeness (QED) is 0.469. The zero-order chi connectivity index (χ0) is 14.5. The molecule has 1 aromatic rings. The van der Waals surface area contributed by atoms with E-state index < -0.39 is 0 Å². The summed E-state index contributed by atoms with van der Waals surface area (Å²) in [6.07, 6.45) is 6.69.